The zero-order chi connectivity index (χ0) is 16.7. The van der Waals surface area contributed by atoms with Crippen LogP contribution in [0.2, 0.25) is 0 Å². The van der Waals surface area contributed by atoms with Gasteiger partial charge in [0, 0.05) is 39.0 Å². The van der Waals surface area contributed by atoms with Gasteiger partial charge in [0.25, 0.3) is 0 Å². The lowest BCUT2D eigenvalue weighted by atomic mass is 10.00. The van der Waals surface area contributed by atoms with Crippen LogP contribution >= 0.6 is 24.0 Å². The van der Waals surface area contributed by atoms with Crippen molar-refractivity contribution in [3.8, 4) is 0 Å². The summed E-state index contributed by atoms with van der Waals surface area (Å²) < 4.78 is 5.17. The molecule has 2 rings (SSSR count). The fraction of sp³-hybridized carbons (Fsp3) is 0.611. The Kier molecular flexibility index (Phi) is 9.43. The Bertz CT molecular complexity index is 536. The average Bonchev–Trinajstić information content (AvgIpc) is 2.53. The number of rotatable bonds is 6. The van der Waals surface area contributed by atoms with Crippen LogP contribution in [-0.4, -0.2) is 45.9 Å². The highest BCUT2D eigenvalue weighted by Gasteiger charge is 2.13. The van der Waals surface area contributed by atoms with Gasteiger partial charge in [-0.2, -0.15) is 0 Å². The maximum atomic E-state index is 5.17. The first-order valence-corrected chi connectivity index (χ1v) is 8.50. The van der Waals surface area contributed by atoms with Crippen molar-refractivity contribution in [2.24, 2.45) is 4.99 Å². The number of hydrogen-bond donors (Lipinski definition) is 2. The number of fused-ring (bicyclic) bond motifs is 1. The number of guanidine groups is 1. The van der Waals surface area contributed by atoms with Gasteiger partial charge in [0.15, 0.2) is 5.96 Å². The molecular formula is C18H31IN4O. The second kappa shape index (κ2) is 10.8. The zero-order valence-corrected chi connectivity index (χ0v) is 17.6. The van der Waals surface area contributed by atoms with Crippen molar-refractivity contribution in [2.75, 3.05) is 38.8 Å². The highest BCUT2D eigenvalue weighted by molar-refractivity contribution is 14.0. The predicted molar refractivity (Wildman–Crippen MR) is 113 cm³/mol. The van der Waals surface area contributed by atoms with E-state index in [0.717, 1.165) is 19.0 Å². The van der Waals surface area contributed by atoms with E-state index in [1.807, 2.05) is 0 Å². The smallest absolute Gasteiger partial charge is 0.191 e. The summed E-state index contributed by atoms with van der Waals surface area (Å²) in [4.78, 5) is 7.04. The number of hydrogen-bond acceptors (Lipinski definition) is 3. The van der Waals surface area contributed by atoms with Crippen molar-refractivity contribution in [1.29, 1.82) is 0 Å². The molecule has 1 unspecified atom stereocenters. The van der Waals surface area contributed by atoms with E-state index in [1.54, 1.807) is 7.11 Å². The molecule has 1 aromatic carbocycles. The molecule has 0 aliphatic carbocycles. The molecular weight excluding hydrogens is 415 g/mol. The molecule has 0 fully saturated rings. The summed E-state index contributed by atoms with van der Waals surface area (Å²) in [6, 6.07) is 6.95. The number of anilines is 1. The van der Waals surface area contributed by atoms with Gasteiger partial charge in [-0.3, -0.25) is 0 Å². The van der Waals surface area contributed by atoms with Crippen LogP contribution < -0.4 is 15.5 Å². The maximum Gasteiger partial charge on any atom is 0.191 e. The van der Waals surface area contributed by atoms with Crippen LogP contribution in [0.15, 0.2) is 23.2 Å². The Balaban J connectivity index is 0.00000288. The molecule has 0 saturated carbocycles. The lowest BCUT2D eigenvalue weighted by molar-refractivity contribution is 0.179. The molecule has 136 valence electrons. The molecule has 0 saturated heterocycles. The van der Waals surface area contributed by atoms with Gasteiger partial charge in [-0.15, -0.1) is 24.0 Å². The summed E-state index contributed by atoms with van der Waals surface area (Å²) in [5.74, 6) is 0.840. The summed E-state index contributed by atoms with van der Waals surface area (Å²) in [5, 5.41) is 6.65. The van der Waals surface area contributed by atoms with Crippen molar-refractivity contribution >= 4 is 35.6 Å². The van der Waals surface area contributed by atoms with Gasteiger partial charge >= 0.3 is 0 Å². The molecule has 1 aliphatic heterocycles. The van der Waals surface area contributed by atoms with Crippen LogP contribution in [-0.2, 0) is 17.7 Å². The minimum atomic E-state index is 0. The number of nitrogens with one attached hydrogen (secondary N) is 2. The van der Waals surface area contributed by atoms with Crippen LogP contribution in [0.5, 0.6) is 0 Å². The number of halogens is 1. The highest BCUT2D eigenvalue weighted by Crippen LogP contribution is 2.26. The first-order valence-electron chi connectivity index (χ1n) is 8.50. The van der Waals surface area contributed by atoms with Crippen LogP contribution in [0.4, 0.5) is 5.69 Å². The minimum Gasteiger partial charge on any atom is -0.383 e. The summed E-state index contributed by atoms with van der Waals surface area (Å²) in [6.45, 7) is 7.51. The number of methoxy groups -OCH3 is 1. The largest absolute Gasteiger partial charge is 0.383 e. The fourth-order valence-electron chi connectivity index (χ4n) is 2.95. The average molecular weight is 446 g/mol. The molecule has 0 spiro atoms. The highest BCUT2D eigenvalue weighted by atomic mass is 127. The number of aryl methyl sites for hydroxylation is 1. The van der Waals surface area contributed by atoms with Crippen LogP contribution in [0.25, 0.3) is 0 Å². The number of ether oxygens (including phenoxy) is 1. The molecule has 1 atom stereocenters. The quantitative estimate of drug-likeness (QED) is 0.401. The third-order valence-corrected chi connectivity index (χ3v) is 4.06. The van der Waals surface area contributed by atoms with Crippen LogP contribution in [0, 0.1) is 0 Å². The molecule has 0 aromatic heterocycles. The first-order chi connectivity index (χ1) is 11.1. The molecule has 0 radical (unpaired) electrons. The third kappa shape index (κ3) is 6.12. The van der Waals surface area contributed by atoms with E-state index in [-0.39, 0.29) is 30.0 Å². The van der Waals surface area contributed by atoms with Gasteiger partial charge < -0.3 is 20.3 Å². The number of aliphatic imine (C=N–C) groups is 1. The predicted octanol–water partition coefficient (Wildman–Crippen LogP) is 2.78. The SMILES string of the molecule is CCNC(=NCc1ccc2c(c1)CCCN2C)NC(C)COC.I. The molecule has 24 heavy (non-hydrogen) atoms. The lowest BCUT2D eigenvalue weighted by Gasteiger charge is -2.27. The van der Waals surface area contributed by atoms with E-state index in [9.17, 15) is 0 Å². The summed E-state index contributed by atoms with van der Waals surface area (Å²) >= 11 is 0. The summed E-state index contributed by atoms with van der Waals surface area (Å²) in [7, 11) is 3.88. The summed E-state index contributed by atoms with van der Waals surface area (Å²) in [6.07, 6.45) is 2.40. The van der Waals surface area contributed by atoms with Crippen molar-refractivity contribution in [1.82, 2.24) is 10.6 Å². The molecule has 5 nitrogen and oxygen atoms in total. The summed E-state index contributed by atoms with van der Waals surface area (Å²) in [5.41, 5.74) is 4.07. The fourth-order valence-corrected chi connectivity index (χ4v) is 2.95. The van der Waals surface area contributed by atoms with E-state index in [2.05, 4.69) is 54.6 Å². The van der Waals surface area contributed by atoms with Crippen molar-refractivity contribution in [3.05, 3.63) is 29.3 Å². The van der Waals surface area contributed by atoms with Gasteiger partial charge in [-0.1, -0.05) is 12.1 Å². The van der Waals surface area contributed by atoms with E-state index >= 15 is 0 Å². The Morgan fingerprint density at radius 1 is 1.42 bits per heavy atom. The van der Waals surface area contributed by atoms with Crippen molar-refractivity contribution < 1.29 is 4.74 Å². The van der Waals surface area contributed by atoms with Crippen LogP contribution in [0.3, 0.4) is 0 Å². The number of benzene rings is 1. The van der Waals surface area contributed by atoms with Crippen molar-refractivity contribution in [3.63, 3.8) is 0 Å². The first kappa shape index (κ1) is 21.0. The van der Waals surface area contributed by atoms with E-state index in [4.69, 9.17) is 9.73 Å². The Labute approximate surface area is 163 Å². The molecule has 6 heteroatoms. The van der Waals surface area contributed by atoms with Gasteiger partial charge in [0.2, 0.25) is 0 Å². The van der Waals surface area contributed by atoms with Gasteiger partial charge in [0.1, 0.15) is 0 Å². The number of nitrogens with zero attached hydrogens (tertiary/aromatic N) is 2. The Morgan fingerprint density at radius 3 is 2.92 bits per heavy atom. The molecule has 0 bridgehead atoms. The topological polar surface area (TPSA) is 48.9 Å². The van der Waals surface area contributed by atoms with E-state index in [1.165, 1.54) is 29.7 Å². The molecule has 0 amide bonds. The third-order valence-electron chi connectivity index (χ3n) is 4.06. The zero-order valence-electron chi connectivity index (χ0n) is 15.3. The monoisotopic (exact) mass is 446 g/mol. The Morgan fingerprint density at radius 2 is 2.21 bits per heavy atom. The van der Waals surface area contributed by atoms with E-state index < -0.39 is 0 Å². The standard InChI is InChI=1S/C18H30N4O.HI/c1-5-19-18(21-14(2)13-23-4)20-12-15-8-9-17-16(11-15)7-6-10-22(17)3;/h8-9,11,14H,5-7,10,12-13H2,1-4H3,(H2,19,20,21);1H. The minimum absolute atomic E-state index is 0. The van der Waals surface area contributed by atoms with Gasteiger partial charge in [-0.05, 0) is 43.9 Å². The normalized spacial score (nSPS) is 15.3. The second-order valence-corrected chi connectivity index (χ2v) is 6.18. The maximum absolute atomic E-state index is 5.17. The van der Waals surface area contributed by atoms with Crippen LogP contribution in [0.1, 0.15) is 31.4 Å². The molecule has 1 aromatic rings. The van der Waals surface area contributed by atoms with Gasteiger partial charge in [-0.25, -0.2) is 4.99 Å². The molecule has 1 aliphatic rings. The molecule has 1 heterocycles. The lowest BCUT2D eigenvalue weighted by Crippen LogP contribution is -2.43. The second-order valence-electron chi connectivity index (χ2n) is 6.18. The van der Waals surface area contributed by atoms with Gasteiger partial charge in [0.05, 0.1) is 13.2 Å². The molecule has 2 N–H and O–H groups in total. The van der Waals surface area contributed by atoms with E-state index in [0.29, 0.717) is 13.2 Å². The Hall–Kier alpha value is -1.02. The van der Waals surface area contributed by atoms with Crippen molar-refractivity contribution in [2.45, 2.75) is 39.3 Å².